The van der Waals surface area contributed by atoms with E-state index in [1.807, 2.05) is 35.2 Å². The van der Waals surface area contributed by atoms with Crippen LogP contribution in [-0.2, 0) is 6.54 Å². The molecule has 1 saturated carbocycles. The Kier molecular flexibility index (Phi) is 4.53. The average Bonchev–Trinajstić information content (AvgIpc) is 3.39. The molecular formula is C19H21N5O2. The number of hydrogen-bond donors (Lipinski definition) is 2. The van der Waals surface area contributed by atoms with Gasteiger partial charge in [-0.15, -0.1) is 0 Å². The van der Waals surface area contributed by atoms with Crippen molar-refractivity contribution in [3.63, 3.8) is 0 Å². The van der Waals surface area contributed by atoms with Gasteiger partial charge in [0.2, 0.25) is 0 Å². The number of aliphatic hydroxyl groups is 1. The molecule has 0 radical (unpaired) electrons. The quantitative estimate of drug-likeness (QED) is 0.732. The maximum atomic E-state index is 12.5. The molecule has 134 valence electrons. The molecular weight excluding hydrogens is 330 g/mol. The lowest BCUT2D eigenvalue weighted by atomic mass is 10.1. The molecule has 1 aliphatic rings. The van der Waals surface area contributed by atoms with E-state index in [4.69, 9.17) is 0 Å². The molecule has 4 rings (SSSR count). The first-order valence-electron chi connectivity index (χ1n) is 8.74. The van der Waals surface area contributed by atoms with Crippen molar-refractivity contribution in [1.82, 2.24) is 24.6 Å². The van der Waals surface area contributed by atoms with Crippen LogP contribution in [-0.4, -0.2) is 42.5 Å². The smallest absolute Gasteiger partial charge is 0.251 e. The van der Waals surface area contributed by atoms with Crippen LogP contribution in [0.2, 0.25) is 0 Å². The van der Waals surface area contributed by atoms with Crippen molar-refractivity contribution in [2.45, 2.75) is 31.5 Å². The second kappa shape index (κ2) is 7.13. The molecule has 26 heavy (non-hydrogen) atoms. The highest BCUT2D eigenvalue weighted by molar-refractivity contribution is 5.94. The fourth-order valence-corrected chi connectivity index (χ4v) is 3.55. The fourth-order valence-electron chi connectivity index (χ4n) is 3.55. The topological polar surface area (TPSA) is 85.0 Å². The second-order valence-corrected chi connectivity index (χ2v) is 6.74. The van der Waals surface area contributed by atoms with E-state index in [2.05, 4.69) is 15.4 Å². The van der Waals surface area contributed by atoms with Crippen molar-refractivity contribution >= 4 is 5.91 Å². The van der Waals surface area contributed by atoms with Gasteiger partial charge in [0.15, 0.2) is 0 Å². The number of nitrogens with one attached hydrogen (secondary N) is 1. The van der Waals surface area contributed by atoms with Crippen molar-refractivity contribution in [3.8, 4) is 5.69 Å². The summed E-state index contributed by atoms with van der Waals surface area (Å²) < 4.78 is 3.75. The minimum atomic E-state index is -0.518. The highest BCUT2D eigenvalue weighted by atomic mass is 16.3. The van der Waals surface area contributed by atoms with Gasteiger partial charge in [0, 0.05) is 36.9 Å². The Morgan fingerprint density at radius 3 is 2.73 bits per heavy atom. The zero-order valence-corrected chi connectivity index (χ0v) is 14.3. The predicted molar refractivity (Wildman–Crippen MR) is 95.8 cm³/mol. The largest absolute Gasteiger partial charge is 0.391 e. The third-order valence-corrected chi connectivity index (χ3v) is 4.87. The lowest BCUT2D eigenvalue weighted by Crippen LogP contribution is -2.39. The van der Waals surface area contributed by atoms with E-state index in [0.29, 0.717) is 17.9 Å². The molecule has 1 unspecified atom stereocenters. The summed E-state index contributed by atoms with van der Waals surface area (Å²) in [5.41, 5.74) is 1.47. The van der Waals surface area contributed by atoms with Crippen molar-refractivity contribution in [1.29, 1.82) is 0 Å². The van der Waals surface area contributed by atoms with E-state index >= 15 is 0 Å². The van der Waals surface area contributed by atoms with Crippen LogP contribution in [0.4, 0.5) is 0 Å². The summed E-state index contributed by atoms with van der Waals surface area (Å²) in [6.45, 7) is 0.808. The normalized spacial score (nSPS) is 22.4. The molecule has 0 aliphatic heterocycles. The number of benzene rings is 1. The number of amides is 1. The van der Waals surface area contributed by atoms with Crippen LogP contribution < -0.4 is 5.32 Å². The molecule has 1 amide bonds. The summed E-state index contributed by atoms with van der Waals surface area (Å²) in [6, 6.07) is 8.89. The molecule has 0 bridgehead atoms. The Morgan fingerprint density at radius 2 is 2.04 bits per heavy atom. The molecule has 1 aliphatic carbocycles. The van der Waals surface area contributed by atoms with Crippen molar-refractivity contribution < 1.29 is 9.90 Å². The number of nitrogens with zero attached hydrogens (tertiary/aromatic N) is 4. The Bertz CT molecular complexity index is 843. The Hall–Kier alpha value is -2.93. The van der Waals surface area contributed by atoms with Crippen molar-refractivity contribution in [2.75, 3.05) is 0 Å². The molecule has 2 N–H and O–H groups in total. The van der Waals surface area contributed by atoms with Crippen LogP contribution in [0.5, 0.6) is 0 Å². The third-order valence-electron chi connectivity index (χ3n) is 4.87. The van der Waals surface area contributed by atoms with Gasteiger partial charge >= 0.3 is 0 Å². The first kappa shape index (κ1) is 16.5. The van der Waals surface area contributed by atoms with Crippen molar-refractivity contribution in [3.05, 3.63) is 67.0 Å². The Balaban J connectivity index is 1.37. The van der Waals surface area contributed by atoms with Gasteiger partial charge in [0.05, 0.1) is 24.2 Å². The SMILES string of the molecule is O=C(N[C@@H]1CC(Cn2ccnc2)C[C@H]1O)c1ccc(-n2cccn2)cc1. The van der Waals surface area contributed by atoms with Crippen LogP contribution >= 0.6 is 0 Å². The van der Waals surface area contributed by atoms with E-state index < -0.39 is 6.10 Å². The first-order chi connectivity index (χ1) is 12.7. The molecule has 3 atom stereocenters. The summed E-state index contributed by atoms with van der Waals surface area (Å²) in [5.74, 6) is 0.163. The third kappa shape index (κ3) is 3.52. The van der Waals surface area contributed by atoms with Crippen LogP contribution in [0, 0.1) is 5.92 Å². The van der Waals surface area contributed by atoms with E-state index in [1.54, 1.807) is 35.5 Å². The minimum absolute atomic E-state index is 0.163. The number of hydrogen-bond acceptors (Lipinski definition) is 4. The lowest BCUT2D eigenvalue weighted by Gasteiger charge is -2.16. The van der Waals surface area contributed by atoms with Gasteiger partial charge in [-0.05, 0) is 49.1 Å². The van der Waals surface area contributed by atoms with Gasteiger partial charge in [-0.25, -0.2) is 9.67 Å². The minimum Gasteiger partial charge on any atom is -0.391 e. The first-order valence-corrected chi connectivity index (χ1v) is 8.74. The van der Waals surface area contributed by atoms with Crippen LogP contribution in [0.15, 0.2) is 61.4 Å². The molecule has 1 fully saturated rings. The number of imidazole rings is 1. The summed E-state index contributed by atoms with van der Waals surface area (Å²) in [5, 5.41) is 17.4. The number of rotatable bonds is 5. The van der Waals surface area contributed by atoms with E-state index in [-0.39, 0.29) is 11.9 Å². The number of carbonyl (C=O) groups excluding carboxylic acids is 1. The van der Waals surface area contributed by atoms with Gasteiger partial charge in [0.1, 0.15) is 0 Å². The lowest BCUT2D eigenvalue weighted by molar-refractivity contribution is 0.0873. The molecule has 2 aromatic heterocycles. The number of carbonyl (C=O) groups is 1. The average molecular weight is 351 g/mol. The van der Waals surface area contributed by atoms with E-state index in [1.165, 1.54) is 0 Å². The zero-order chi connectivity index (χ0) is 17.9. The fraction of sp³-hybridized carbons (Fsp3) is 0.316. The van der Waals surface area contributed by atoms with Crippen LogP contribution in [0.3, 0.4) is 0 Å². The van der Waals surface area contributed by atoms with Gasteiger partial charge in [-0.2, -0.15) is 5.10 Å². The van der Waals surface area contributed by atoms with Crippen molar-refractivity contribution in [2.24, 2.45) is 5.92 Å². The van der Waals surface area contributed by atoms with Gasteiger partial charge < -0.3 is 15.0 Å². The molecule has 2 heterocycles. The highest BCUT2D eigenvalue weighted by Crippen LogP contribution is 2.27. The highest BCUT2D eigenvalue weighted by Gasteiger charge is 2.34. The predicted octanol–water partition coefficient (Wildman–Crippen LogP) is 1.64. The maximum absolute atomic E-state index is 12.5. The van der Waals surface area contributed by atoms with E-state index in [9.17, 15) is 9.90 Å². The molecule has 0 spiro atoms. The summed E-state index contributed by atoms with van der Waals surface area (Å²) in [7, 11) is 0. The molecule has 7 heteroatoms. The Labute approximate surface area is 151 Å². The van der Waals surface area contributed by atoms with Crippen LogP contribution in [0.1, 0.15) is 23.2 Å². The molecule has 7 nitrogen and oxygen atoms in total. The summed E-state index contributed by atoms with van der Waals surface area (Å²) in [6.07, 6.45) is 9.93. The zero-order valence-electron chi connectivity index (χ0n) is 14.3. The van der Waals surface area contributed by atoms with E-state index in [0.717, 1.165) is 18.7 Å². The summed E-state index contributed by atoms with van der Waals surface area (Å²) in [4.78, 5) is 16.5. The standard InChI is InChI=1S/C19H21N5O2/c25-18-11-14(12-23-9-7-20-13-23)10-17(18)22-19(26)15-2-4-16(5-3-15)24-8-1-6-21-24/h1-9,13-14,17-18,25H,10-12H2,(H,22,26)/t14?,17-,18-/m1/s1. The second-order valence-electron chi connectivity index (χ2n) is 6.74. The maximum Gasteiger partial charge on any atom is 0.251 e. The monoisotopic (exact) mass is 351 g/mol. The van der Waals surface area contributed by atoms with Gasteiger partial charge in [-0.1, -0.05) is 0 Å². The number of aliphatic hydroxyl groups excluding tert-OH is 1. The molecule has 0 saturated heterocycles. The van der Waals surface area contributed by atoms with Crippen LogP contribution in [0.25, 0.3) is 5.69 Å². The summed E-state index contributed by atoms with van der Waals surface area (Å²) >= 11 is 0. The molecule has 3 aromatic rings. The number of aromatic nitrogens is 4. The van der Waals surface area contributed by atoms with Gasteiger partial charge in [-0.3, -0.25) is 4.79 Å². The van der Waals surface area contributed by atoms with Gasteiger partial charge in [0.25, 0.3) is 5.91 Å². The Morgan fingerprint density at radius 1 is 1.19 bits per heavy atom. The molecule has 1 aromatic carbocycles.